The van der Waals surface area contributed by atoms with E-state index >= 15 is 24.0 Å². The molecule has 15 atom stereocenters. The number of amides is 6. The summed E-state index contributed by atoms with van der Waals surface area (Å²) in [5, 5.41) is 79.5. The van der Waals surface area contributed by atoms with Crippen molar-refractivity contribution in [1.29, 1.82) is 0 Å². The molecule has 0 saturated carbocycles. The maximum absolute atomic E-state index is 15.5. The van der Waals surface area contributed by atoms with Crippen LogP contribution in [0.15, 0.2) is 115 Å². The van der Waals surface area contributed by atoms with Crippen LogP contribution < -0.4 is 40.9 Å². The van der Waals surface area contributed by atoms with E-state index in [0.717, 1.165) is 57.1 Å². The first-order chi connectivity index (χ1) is 47.2. The molecule has 0 unspecified atom stereocenters. The van der Waals surface area contributed by atoms with Gasteiger partial charge in [0.2, 0.25) is 29.5 Å². The molecule has 27 heteroatoms. The first-order valence-electron chi connectivity index (χ1n) is 33.6. The summed E-state index contributed by atoms with van der Waals surface area (Å²) in [4.78, 5) is 108. The standard InChI is InChI=1S/C72H92BN7O19/c1-10-11-12-32-96-52-28-23-46(24-29-52)44-15-13-43(14-16-44)45-17-19-48(20-18-45)66(88)74-54-37-57(86)70(97-33-31-80(5,6)7)77-69(91)62-63(87)40(2)38-79(62)72(93)61(42(4)82)75-67(89)53(36-56(85)55-35-51(84)39-78(55)71(92)60(41(3)81)76-68(54)90)65-64(47-21-26-50(83)27-22-47)98-73(99-65)49-25-30-58(94-8)59(34-49)95-9/h13-30,34,40-42,51,53-55,57,60-65,70,81-82,84,86-87H,10-12,31-33,35-39H2,1-9H3,(H4-,74,75,76,77,83,88,89,90,91)/p+1/t40-,41+,42+,51+,53-,54-,55-,57+,60-,61-,62-,63-,64-,65-,70+/m0/s1. The molecule has 532 valence electrons. The minimum absolute atomic E-state index is 0.0629. The van der Waals surface area contributed by atoms with Gasteiger partial charge in [-0.15, -0.1) is 0 Å². The number of aromatic hydroxyl groups is 1. The summed E-state index contributed by atoms with van der Waals surface area (Å²) in [6.45, 7) is 6.12. The zero-order chi connectivity index (χ0) is 71.6. The molecule has 99 heavy (non-hydrogen) atoms. The molecule has 0 radical (unpaired) electrons. The molecule has 0 aliphatic carbocycles. The van der Waals surface area contributed by atoms with Gasteiger partial charge in [-0.2, -0.15) is 0 Å². The van der Waals surface area contributed by atoms with E-state index in [-0.39, 0.29) is 30.2 Å². The number of quaternary nitrogens is 1. The summed E-state index contributed by atoms with van der Waals surface area (Å²) >= 11 is 0. The summed E-state index contributed by atoms with van der Waals surface area (Å²) < 4.78 is 36.7. The number of phenolic OH excluding ortho intramolecular Hbond substituents is 1. The fourth-order valence-electron chi connectivity index (χ4n) is 12.8. The third-order valence-corrected chi connectivity index (χ3v) is 18.6. The number of methoxy groups -OCH3 is 2. The number of aliphatic hydroxyl groups excluding tert-OH is 5. The lowest BCUT2D eigenvalue weighted by Crippen LogP contribution is -2.61. The van der Waals surface area contributed by atoms with Crippen LogP contribution in [0.5, 0.6) is 23.0 Å². The molecule has 26 nitrogen and oxygen atoms in total. The fraction of sp³-hybridized carbons (Fsp3) is 0.486. The van der Waals surface area contributed by atoms with E-state index in [4.69, 9.17) is 28.3 Å². The summed E-state index contributed by atoms with van der Waals surface area (Å²) in [5.74, 6) is -8.24. The van der Waals surface area contributed by atoms with E-state index in [1.165, 1.54) is 64.5 Å². The van der Waals surface area contributed by atoms with Gasteiger partial charge in [-0.05, 0) is 102 Å². The highest BCUT2D eigenvalue weighted by Crippen LogP contribution is 2.40. The van der Waals surface area contributed by atoms with Crippen LogP contribution in [0.25, 0.3) is 22.3 Å². The van der Waals surface area contributed by atoms with Gasteiger partial charge in [-0.1, -0.05) is 93.4 Å². The Balaban J connectivity index is 1.07. The Morgan fingerprint density at radius 1 is 0.697 bits per heavy atom. The number of Topliss-reactive ketones (excluding diaryl/α,β-unsaturated/α-hetero) is 1. The number of hydrogen-bond acceptors (Lipinski definition) is 19. The van der Waals surface area contributed by atoms with Gasteiger partial charge >= 0.3 is 7.12 Å². The number of ether oxygens (including phenoxy) is 4. The van der Waals surface area contributed by atoms with E-state index in [1.54, 1.807) is 37.3 Å². The Labute approximate surface area is 576 Å². The van der Waals surface area contributed by atoms with Crippen LogP contribution >= 0.6 is 0 Å². The van der Waals surface area contributed by atoms with Crippen LogP contribution in [-0.4, -0.2) is 235 Å². The zero-order valence-corrected chi connectivity index (χ0v) is 57.3. The van der Waals surface area contributed by atoms with Crippen LogP contribution in [0, 0.1) is 11.8 Å². The van der Waals surface area contributed by atoms with Gasteiger partial charge < -0.3 is 94.4 Å². The Kier molecular flexibility index (Phi) is 25.0. The highest BCUT2D eigenvalue weighted by molar-refractivity contribution is 6.62. The average Bonchev–Trinajstić information content (AvgIpc) is 1.38. The number of carbonyl (C=O) groups excluding carboxylic acids is 7. The second-order valence-electron chi connectivity index (χ2n) is 27.1. The molecule has 0 spiro atoms. The Morgan fingerprint density at radius 2 is 1.28 bits per heavy atom. The van der Waals surface area contributed by atoms with Gasteiger partial charge in [0, 0.05) is 43.8 Å². The molecule has 4 heterocycles. The number of fused-ring (bicyclic) bond motifs is 2. The molecule has 5 aromatic rings. The van der Waals surface area contributed by atoms with Gasteiger partial charge in [-0.3, -0.25) is 33.6 Å². The highest BCUT2D eigenvalue weighted by Gasteiger charge is 2.53. The first kappa shape index (κ1) is 74.7. The van der Waals surface area contributed by atoms with E-state index < -0.39 is 165 Å². The third kappa shape index (κ3) is 18.3. The van der Waals surface area contributed by atoms with Gasteiger partial charge in [0.15, 0.2) is 23.5 Å². The predicted octanol–water partition coefficient (Wildman–Crippen LogP) is 2.37. The largest absolute Gasteiger partial charge is 0.508 e. The summed E-state index contributed by atoms with van der Waals surface area (Å²) in [5.41, 5.74) is 4.30. The number of phenols is 1. The molecule has 5 aromatic carbocycles. The number of ketones is 1. The molecule has 4 aliphatic heterocycles. The number of carbonyl (C=O) groups is 7. The number of nitrogens with zero attached hydrogens (tertiary/aromatic N) is 3. The molecule has 4 aliphatic rings. The molecule has 10 N–H and O–H groups in total. The Hall–Kier alpha value is -8.51. The predicted molar refractivity (Wildman–Crippen MR) is 364 cm³/mol. The van der Waals surface area contributed by atoms with Crippen LogP contribution in [0.3, 0.4) is 0 Å². The molecular formula is C72H93BN7O19+. The lowest BCUT2D eigenvalue weighted by molar-refractivity contribution is -0.870. The maximum atomic E-state index is 15.5. The number of rotatable bonds is 20. The number of benzene rings is 5. The van der Waals surface area contributed by atoms with Crippen molar-refractivity contribution in [3.8, 4) is 45.3 Å². The number of hydrogen-bond donors (Lipinski definition) is 10. The van der Waals surface area contributed by atoms with Crippen LogP contribution in [0.1, 0.15) is 88.2 Å². The lowest BCUT2D eigenvalue weighted by atomic mass is 9.79. The number of likely N-dealkylation sites (N-methyl/N-ethyl adjacent to an activating group) is 1. The fourth-order valence-corrected chi connectivity index (χ4v) is 12.8. The third-order valence-electron chi connectivity index (χ3n) is 18.6. The van der Waals surface area contributed by atoms with Gasteiger partial charge in [0.1, 0.15) is 48.3 Å². The molecule has 0 bridgehead atoms. The zero-order valence-electron chi connectivity index (χ0n) is 57.3. The van der Waals surface area contributed by atoms with Crippen molar-refractivity contribution < 1.29 is 96.9 Å². The molecule has 4 fully saturated rings. The average molecular weight is 1370 g/mol. The minimum atomic E-state index is -1.91. The monoisotopic (exact) mass is 1370 g/mol. The second-order valence-corrected chi connectivity index (χ2v) is 27.1. The molecular weight excluding hydrogens is 1280 g/mol. The van der Waals surface area contributed by atoms with Gasteiger partial charge in [0.25, 0.3) is 5.91 Å². The number of nitrogens with one attached hydrogen (secondary N) is 4. The van der Waals surface area contributed by atoms with Gasteiger partial charge in [-0.25, -0.2) is 0 Å². The van der Waals surface area contributed by atoms with E-state index in [0.29, 0.717) is 34.4 Å². The van der Waals surface area contributed by atoms with E-state index in [9.17, 15) is 40.2 Å². The van der Waals surface area contributed by atoms with Crippen molar-refractivity contribution >= 4 is 53.8 Å². The van der Waals surface area contributed by atoms with Crippen LogP contribution in [0.2, 0.25) is 0 Å². The van der Waals surface area contributed by atoms with E-state index in [2.05, 4.69) is 28.2 Å². The van der Waals surface area contributed by atoms with Crippen molar-refractivity contribution in [1.82, 2.24) is 31.1 Å². The van der Waals surface area contributed by atoms with Crippen molar-refractivity contribution in [3.05, 3.63) is 126 Å². The normalized spacial score (nSPS) is 26.7. The Morgan fingerprint density at radius 3 is 1.87 bits per heavy atom. The van der Waals surface area contributed by atoms with E-state index in [1.807, 2.05) is 69.7 Å². The van der Waals surface area contributed by atoms with Crippen molar-refractivity contribution in [2.75, 3.05) is 68.2 Å². The summed E-state index contributed by atoms with van der Waals surface area (Å²) in [6.07, 6.45) is -11.6. The van der Waals surface area contributed by atoms with Gasteiger partial charge in [0.05, 0.1) is 97.2 Å². The molecule has 0 aromatic heterocycles. The van der Waals surface area contributed by atoms with Crippen LogP contribution in [0.4, 0.5) is 0 Å². The first-order valence-corrected chi connectivity index (χ1v) is 33.6. The second kappa shape index (κ2) is 33.1. The minimum Gasteiger partial charge on any atom is -0.508 e. The number of unbranched alkanes of at least 4 members (excludes halogenated alkanes) is 2. The topological polar surface area (TPSA) is 351 Å². The Bertz CT molecular complexity index is 3620. The smallest absolute Gasteiger partial charge is 0.494 e. The highest BCUT2D eigenvalue weighted by atomic mass is 16.7. The quantitative estimate of drug-likeness (QED) is 0.0304. The van der Waals surface area contributed by atoms with Crippen molar-refractivity contribution in [3.63, 3.8) is 0 Å². The molecule has 6 amide bonds. The molecule has 9 rings (SSSR count). The summed E-state index contributed by atoms with van der Waals surface area (Å²) in [7, 11) is 7.14. The SMILES string of the molecule is CCCCCOc1ccc(-c2ccc(-c3ccc(C(=O)N[C@H]4C[C@@H](O)[C@@H](OCC[N+](C)(C)C)NC(=O)[C@@H]5[C@@H](O)[C@@H](C)CN5C(=O)[C@H]([C@@H](C)O)NC(=O)[C@H]([C@@H]5OB(c6ccc(OC)c(OC)c6)O[C@H]5c5ccc(O)cc5)CC(=O)[C@@H]5C[C@@H](O)CN5C(=O)[C@H]([C@@H](C)O)NC4=O)cc3)cc2)cc1. The maximum Gasteiger partial charge on any atom is 0.494 e. The van der Waals surface area contributed by atoms with Crippen LogP contribution in [-0.2, 0) is 42.8 Å². The van der Waals surface area contributed by atoms with Crippen molar-refractivity contribution in [2.45, 2.75) is 145 Å². The lowest BCUT2D eigenvalue weighted by Gasteiger charge is -2.34. The van der Waals surface area contributed by atoms with Crippen molar-refractivity contribution in [2.24, 2.45) is 11.8 Å². The number of aliphatic hydroxyl groups is 5. The molecule has 4 saturated heterocycles. The summed E-state index contributed by atoms with van der Waals surface area (Å²) in [6, 6.07) is 23.8.